The zero-order valence-corrected chi connectivity index (χ0v) is 11.7. The van der Waals surface area contributed by atoms with Crippen molar-refractivity contribution in [1.29, 1.82) is 0 Å². The lowest BCUT2D eigenvalue weighted by atomic mass is 9.88. The van der Waals surface area contributed by atoms with E-state index in [1.807, 2.05) is 48.5 Å². The number of benzene rings is 2. The summed E-state index contributed by atoms with van der Waals surface area (Å²) in [5.74, 6) is 0.541. The van der Waals surface area contributed by atoms with Crippen LogP contribution in [0.3, 0.4) is 0 Å². The van der Waals surface area contributed by atoms with Gasteiger partial charge in [0, 0.05) is 11.5 Å². The van der Waals surface area contributed by atoms with Crippen LogP contribution in [0.4, 0.5) is 0 Å². The van der Waals surface area contributed by atoms with Crippen LogP contribution in [0.5, 0.6) is 11.5 Å². The molecule has 0 fully saturated rings. The first-order chi connectivity index (χ1) is 10.2. The number of ether oxygens (including phenoxy) is 2. The smallest absolute Gasteiger partial charge is 0.304 e. The molecule has 2 atom stereocenters. The minimum absolute atomic E-state index is 0.0493. The first-order valence-corrected chi connectivity index (χ1v) is 6.80. The second-order valence-electron chi connectivity index (χ2n) is 5.05. The third-order valence-electron chi connectivity index (χ3n) is 3.78. The van der Waals surface area contributed by atoms with Gasteiger partial charge in [0.25, 0.3) is 0 Å². The predicted octanol–water partition coefficient (Wildman–Crippen LogP) is 3.39. The third kappa shape index (κ3) is 2.57. The highest BCUT2D eigenvalue weighted by molar-refractivity contribution is 5.69. The van der Waals surface area contributed by atoms with Gasteiger partial charge in [-0.25, -0.2) is 0 Å². The summed E-state index contributed by atoms with van der Waals surface area (Å²) in [6.45, 7) is 0. The van der Waals surface area contributed by atoms with Gasteiger partial charge in [-0.1, -0.05) is 30.3 Å². The van der Waals surface area contributed by atoms with Crippen molar-refractivity contribution in [2.45, 2.75) is 18.4 Å². The van der Waals surface area contributed by atoms with Crippen molar-refractivity contribution in [3.63, 3.8) is 0 Å². The van der Waals surface area contributed by atoms with Gasteiger partial charge in [0.1, 0.15) is 17.6 Å². The molecule has 4 heteroatoms. The second kappa shape index (κ2) is 5.48. The summed E-state index contributed by atoms with van der Waals surface area (Å²) in [5.41, 5.74) is 1.92. The average molecular weight is 284 g/mol. The monoisotopic (exact) mass is 284 g/mol. The predicted molar refractivity (Wildman–Crippen MR) is 77.8 cm³/mol. The lowest BCUT2D eigenvalue weighted by Crippen LogP contribution is -2.13. The van der Waals surface area contributed by atoms with Crippen LogP contribution < -0.4 is 9.47 Å². The Morgan fingerprint density at radius 2 is 1.90 bits per heavy atom. The van der Waals surface area contributed by atoms with E-state index in [0.29, 0.717) is 0 Å². The summed E-state index contributed by atoms with van der Waals surface area (Å²) in [4.78, 5) is 11.2. The van der Waals surface area contributed by atoms with Gasteiger partial charge >= 0.3 is 5.97 Å². The Labute approximate surface area is 122 Å². The maximum absolute atomic E-state index is 11.2. The van der Waals surface area contributed by atoms with E-state index in [1.54, 1.807) is 7.11 Å². The van der Waals surface area contributed by atoms with Crippen LogP contribution in [0.15, 0.2) is 48.5 Å². The Balaban J connectivity index is 1.95. The fourth-order valence-electron chi connectivity index (χ4n) is 2.78. The van der Waals surface area contributed by atoms with E-state index in [0.717, 1.165) is 22.6 Å². The van der Waals surface area contributed by atoms with Crippen molar-refractivity contribution in [2.24, 2.45) is 0 Å². The molecule has 108 valence electrons. The molecule has 2 aromatic rings. The molecule has 0 spiro atoms. The molecule has 0 unspecified atom stereocenters. The summed E-state index contributed by atoms with van der Waals surface area (Å²) in [5, 5.41) is 9.17. The summed E-state index contributed by atoms with van der Waals surface area (Å²) >= 11 is 0. The van der Waals surface area contributed by atoms with Gasteiger partial charge in [-0.15, -0.1) is 0 Å². The lowest BCUT2D eigenvalue weighted by molar-refractivity contribution is -0.137. The normalized spacial score (nSPS) is 19.7. The fraction of sp³-hybridized carbons (Fsp3) is 0.235. The van der Waals surface area contributed by atoms with Crippen LogP contribution in [0.2, 0.25) is 0 Å². The molecule has 0 aliphatic carbocycles. The van der Waals surface area contributed by atoms with Crippen LogP contribution >= 0.6 is 0 Å². The van der Waals surface area contributed by atoms with Gasteiger partial charge in [0.05, 0.1) is 13.5 Å². The molecule has 1 heterocycles. The SMILES string of the molecule is COc1ccc([C@@H]2Oc3ccccc3[C@H]2CC(=O)O)cc1. The van der Waals surface area contributed by atoms with E-state index in [2.05, 4.69) is 0 Å². The maximum Gasteiger partial charge on any atom is 0.304 e. The average Bonchev–Trinajstić information content (AvgIpc) is 2.86. The number of aliphatic carboxylic acids is 1. The van der Waals surface area contributed by atoms with Crippen molar-refractivity contribution in [1.82, 2.24) is 0 Å². The first kappa shape index (κ1) is 13.5. The van der Waals surface area contributed by atoms with E-state index >= 15 is 0 Å². The van der Waals surface area contributed by atoms with E-state index in [1.165, 1.54) is 0 Å². The lowest BCUT2D eigenvalue weighted by Gasteiger charge is -2.18. The number of carboxylic acid groups (broad SMARTS) is 1. The topological polar surface area (TPSA) is 55.8 Å². The molecule has 1 aliphatic rings. The van der Waals surface area contributed by atoms with Gasteiger partial charge in [-0.05, 0) is 23.8 Å². The molecular formula is C17H16O4. The van der Waals surface area contributed by atoms with Crippen molar-refractivity contribution in [2.75, 3.05) is 7.11 Å². The van der Waals surface area contributed by atoms with Crippen molar-refractivity contribution >= 4 is 5.97 Å². The number of para-hydroxylation sites is 1. The Hall–Kier alpha value is -2.49. The largest absolute Gasteiger partial charge is 0.497 e. The van der Waals surface area contributed by atoms with E-state index in [9.17, 15) is 9.90 Å². The van der Waals surface area contributed by atoms with E-state index in [4.69, 9.17) is 9.47 Å². The van der Waals surface area contributed by atoms with Gasteiger partial charge in [-0.2, -0.15) is 0 Å². The summed E-state index contributed by atoms with van der Waals surface area (Å²) < 4.78 is 11.1. The molecule has 1 N–H and O–H groups in total. The maximum atomic E-state index is 11.2. The number of methoxy groups -OCH3 is 1. The molecule has 0 saturated heterocycles. The van der Waals surface area contributed by atoms with Crippen molar-refractivity contribution in [3.05, 3.63) is 59.7 Å². The summed E-state index contributed by atoms with van der Waals surface area (Å²) in [6.07, 6.45) is -0.224. The van der Waals surface area contributed by atoms with Crippen molar-refractivity contribution in [3.8, 4) is 11.5 Å². The van der Waals surface area contributed by atoms with E-state index in [-0.39, 0.29) is 18.4 Å². The minimum Gasteiger partial charge on any atom is -0.497 e. The Morgan fingerprint density at radius 1 is 1.19 bits per heavy atom. The Kier molecular flexibility index (Phi) is 3.52. The molecule has 3 rings (SSSR count). The van der Waals surface area contributed by atoms with Crippen LogP contribution in [0.1, 0.15) is 29.6 Å². The van der Waals surface area contributed by atoms with Crippen LogP contribution in [0.25, 0.3) is 0 Å². The van der Waals surface area contributed by atoms with Crippen molar-refractivity contribution < 1.29 is 19.4 Å². The van der Waals surface area contributed by atoms with Gasteiger partial charge in [-0.3, -0.25) is 4.79 Å². The molecule has 0 amide bonds. The fourth-order valence-corrected chi connectivity index (χ4v) is 2.78. The number of hydrogen-bond donors (Lipinski definition) is 1. The second-order valence-corrected chi connectivity index (χ2v) is 5.05. The number of fused-ring (bicyclic) bond motifs is 1. The molecule has 2 aromatic carbocycles. The Morgan fingerprint density at radius 3 is 2.57 bits per heavy atom. The van der Waals surface area contributed by atoms with Gasteiger partial charge in [0.15, 0.2) is 0 Å². The molecule has 0 bridgehead atoms. The van der Waals surface area contributed by atoms with Gasteiger partial charge in [0.2, 0.25) is 0 Å². The summed E-state index contributed by atoms with van der Waals surface area (Å²) in [7, 11) is 1.62. The van der Waals surface area contributed by atoms with E-state index < -0.39 is 5.97 Å². The quantitative estimate of drug-likeness (QED) is 0.935. The molecule has 0 aromatic heterocycles. The zero-order valence-electron chi connectivity index (χ0n) is 11.7. The van der Waals surface area contributed by atoms with Gasteiger partial charge < -0.3 is 14.6 Å². The standard InChI is InChI=1S/C17H16O4/c1-20-12-8-6-11(7-9-12)17-14(10-16(18)19)13-4-2-3-5-15(13)21-17/h2-9,14,17H,10H2,1H3,(H,18,19)/t14-,17+/m1/s1. The minimum atomic E-state index is -0.821. The Bertz CT molecular complexity index is 648. The highest BCUT2D eigenvalue weighted by atomic mass is 16.5. The molecule has 0 radical (unpaired) electrons. The molecule has 4 nitrogen and oxygen atoms in total. The zero-order chi connectivity index (χ0) is 14.8. The van der Waals surface area contributed by atoms with Crippen LogP contribution in [-0.4, -0.2) is 18.2 Å². The number of hydrogen-bond acceptors (Lipinski definition) is 3. The molecule has 1 aliphatic heterocycles. The molecule has 21 heavy (non-hydrogen) atoms. The number of carboxylic acids is 1. The van der Waals surface area contributed by atoms with Crippen LogP contribution in [0, 0.1) is 0 Å². The summed E-state index contributed by atoms with van der Waals surface area (Å²) in [6, 6.07) is 15.2. The third-order valence-corrected chi connectivity index (χ3v) is 3.78. The number of carbonyl (C=O) groups is 1. The molecular weight excluding hydrogens is 268 g/mol. The first-order valence-electron chi connectivity index (χ1n) is 6.80. The van der Waals surface area contributed by atoms with Crippen LogP contribution in [-0.2, 0) is 4.79 Å². The highest BCUT2D eigenvalue weighted by Gasteiger charge is 2.36. The number of rotatable bonds is 4. The highest BCUT2D eigenvalue weighted by Crippen LogP contribution is 2.47. The molecule has 0 saturated carbocycles.